The topological polar surface area (TPSA) is 102 Å². The van der Waals surface area contributed by atoms with E-state index in [1.807, 2.05) is 61.8 Å². The number of H-pyrrole nitrogens is 1. The molecule has 2 amide bonds. The van der Waals surface area contributed by atoms with Crippen LogP contribution in [0.15, 0.2) is 48.5 Å². The molecule has 2 unspecified atom stereocenters. The molecule has 10 heteroatoms. The number of carbonyl (C=O) groups is 3. The van der Waals surface area contributed by atoms with Crippen molar-refractivity contribution in [2.24, 2.45) is 17.3 Å². The predicted octanol–water partition coefficient (Wildman–Crippen LogP) is 4.99. The molecule has 0 spiro atoms. The van der Waals surface area contributed by atoms with Crippen molar-refractivity contribution in [1.82, 2.24) is 15.2 Å². The van der Waals surface area contributed by atoms with Crippen LogP contribution in [0.1, 0.15) is 59.2 Å². The first-order valence-electron chi connectivity index (χ1n) is 14.1. The minimum atomic E-state index is -1.36. The number of fused-ring (bicyclic) bond motifs is 1. The fraction of sp³-hybridized carbons (Fsp3) is 0.333. The monoisotopic (exact) mass is 688 g/mol. The molecule has 2 fully saturated rings. The zero-order chi connectivity index (χ0) is 31.2. The van der Waals surface area contributed by atoms with Gasteiger partial charge in [-0.3, -0.25) is 4.79 Å². The van der Waals surface area contributed by atoms with Crippen molar-refractivity contribution in [3.63, 3.8) is 0 Å². The first kappa shape index (κ1) is 30.9. The summed E-state index contributed by atoms with van der Waals surface area (Å²) in [5.41, 5.74) is 3.40. The Bertz CT molecular complexity index is 1640. The van der Waals surface area contributed by atoms with Gasteiger partial charge in [0.2, 0.25) is 0 Å². The molecule has 43 heavy (non-hydrogen) atoms. The number of nitrogens with one attached hydrogen (secondary N) is 2. The predicted molar refractivity (Wildman–Crippen MR) is 162 cm³/mol. The van der Waals surface area contributed by atoms with E-state index >= 15 is 8.78 Å². The van der Waals surface area contributed by atoms with Gasteiger partial charge in [0.1, 0.15) is 0 Å². The molecule has 2 heterocycles. The molecule has 1 aliphatic heterocycles. The van der Waals surface area contributed by atoms with Gasteiger partial charge in [-0.2, -0.15) is 0 Å². The van der Waals surface area contributed by atoms with Crippen molar-refractivity contribution < 1.29 is 28.3 Å². The van der Waals surface area contributed by atoms with Gasteiger partial charge in [0, 0.05) is 5.56 Å². The molecule has 1 saturated carbocycles. The van der Waals surface area contributed by atoms with Crippen LogP contribution in [0, 0.1) is 42.7 Å². The standard InChI is InChI=1S/C33H33F2N3O4.In/c1-6-8-20-11-12-24(36-20)32(42)38-16-22-28(33(22,4)5)30(38)31(41)37-25(15-26(39)40)21-13-19(14-23(34)29(21)35)27-17(2)9-7-10-18(27)3;/h1,6-14,22,25,28,30,36H,15-16H2,2-5H3,(H,37,41)(H,39,40);/b8-6-;/t22?,25-,28?,30-;/m0./s1. The van der Waals surface area contributed by atoms with Crippen LogP contribution in [0.25, 0.3) is 17.2 Å². The Kier molecular flexibility index (Phi) is 8.53. The number of hydrogen-bond acceptors (Lipinski definition) is 3. The van der Waals surface area contributed by atoms with Crippen LogP contribution in [0.3, 0.4) is 0 Å². The van der Waals surface area contributed by atoms with Gasteiger partial charge < -0.3 is 5.11 Å². The Morgan fingerprint density at radius 2 is 1.86 bits per heavy atom. The summed E-state index contributed by atoms with van der Waals surface area (Å²) in [6.07, 6.45) is 3.08. The fourth-order valence-corrected chi connectivity index (χ4v) is 7.01. The van der Waals surface area contributed by atoms with Crippen molar-refractivity contribution in [3.8, 4) is 11.1 Å². The first-order chi connectivity index (χ1) is 20.3. The third-order valence-electron chi connectivity index (χ3n) is 8.96. The van der Waals surface area contributed by atoms with Crippen molar-refractivity contribution in [3.05, 3.63) is 88.3 Å². The van der Waals surface area contributed by atoms with E-state index in [0.29, 0.717) is 23.4 Å². The molecule has 1 radical (unpaired) electrons. The summed E-state index contributed by atoms with van der Waals surface area (Å²) in [5, 5.41) is 12.4. The van der Waals surface area contributed by atoms with Crippen LogP contribution < -0.4 is 5.32 Å². The van der Waals surface area contributed by atoms with Crippen LogP contribution in [0.2, 0.25) is 0 Å². The molecule has 0 bridgehead atoms. The quantitative estimate of drug-likeness (QED) is 0.295. The zero-order valence-electron chi connectivity index (χ0n) is 24.4. The maximum absolute atomic E-state index is 15.4. The third kappa shape index (κ3) is 5.86. The number of piperidine rings is 1. The third-order valence-corrected chi connectivity index (χ3v) is 9.59. The van der Waals surface area contributed by atoms with E-state index < -0.39 is 42.0 Å². The number of benzene rings is 2. The van der Waals surface area contributed by atoms with Gasteiger partial charge in [-0.05, 0) is 48.2 Å². The molecule has 1 aromatic heterocycles. The number of aliphatic carboxylic acids is 1. The van der Waals surface area contributed by atoms with Crippen molar-refractivity contribution in [1.29, 1.82) is 0 Å². The number of carbonyl (C=O) groups excluding carboxylic acids is 2. The van der Waals surface area contributed by atoms with E-state index in [1.165, 1.54) is 11.0 Å². The van der Waals surface area contributed by atoms with E-state index in [-0.39, 0.29) is 28.7 Å². The molecule has 2 aliphatic rings. The van der Waals surface area contributed by atoms with Gasteiger partial charge in [-0.1, -0.05) is 18.2 Å². The Morgan fingerprint density at radius 1 is 1.16 bits per heavy atom. The van der Waals surface area contributed by atoms with E-state index in [0.717, 1.165) is 46.8 Å². The number of likely N-dealkylation sites (tertiary alicyclic amines) is 1. The smallest absolute Gasteiger partial charge is 0.0459 e. The van der Waals surface area contributed by atoms with Gasteiger partial charge in [-0.25, -0.2) is 8.78 Å². The van der Waals surface area contributed by atoms with Crippen LogP contribution in [-0.2, 0) is 9.59 Å². The minimum Gasteiger partial charge on any atom is -0.0459 e. The molecule has 1 saturated heterocycles. The SMILES string of the molecule is Cc1cccc(C)c1-c1cc(F)c(F)c([C@H](CC(=O)O)NC(=O)[C@@H]2C3C(CN2C(=O)c2ccc(/C=C\[CH]=[In])[nH]2)C3(C)C)c1. The molecule has 5 rings (SSSR count). The van der Waals surface area contributed by atoms with E-state index in [1.54, 1.807) is 12.1 Å². The fourth-order valence-electron chi connectivity index (χ4n) is 6.69. The number of hydrogen-bond donors (Lipinski definition) is 3. The van der Waals surface area contributed by atoms with Crippen LogP contribution in [0.5, 0.6) is 0 Å². The van der Waals surface area contributed by atoms with Gasteiger partial charge in [0.05, 0.1) is 6.42 Å². The van der Waals surface area contributed by atoms with Crippen molar-refractivity contribution >= 4 is 51.5 Å². The van der Waals surface area contributed by atoms with Crippen LogP contribution >= 0.6 is 0 Å². The summed E-state index contributed by atoms with van der Waals surface area (Å²) in [6.45, 7) is 8.13. The summed E-state index contributed by atoms with van der Waals surface area (Å²) < 4.78 is 32.4. The molecule has 1 aliphatic carbocycles. The summed E-state index contributed by atoms with van der Waals surface area (Å²) in [7, 11) is 0. The van der Waals surface area contributed by atoms with Gasteiger partial charge >= 0.3 is 156 Å². The van der Waals surface area contributed by atoms with E-state index in [9.17, 15) is 19.5 Å². The van der Waals surface area contributed by atoms with E-state index in [4.69, 9.17) is 0 Å². The number of amides is 2. The Morgan fingerprint density at radius 3 is 2.51 bits per heavy atom. The number of aromatic nitrogens is 1. The second-order valence-corrected chi connectivity index (χ2v) is 13.1. The summed E-state index contributed by atoms with van der Waals surface area (Å²) in [6, 6.07) is 9.26. The molecule has 3 aromatic rings. The Labute approximate surface area is 263 Å². The van der Waals surface area contributed by atoms with Gasteiger partial charge in [0.25, 0.3) is 0 Å². The number of aromatic amines is 1. The second kappa shape index (κ2) is 11.9. The second-order valence-electron chi connectivity index (χ2n) is 12.0. The summed E-state index contributed by atoms with van der Waals surface area (Å²) in [5.74, 6) is -4.65. The van der Waals surface area contributed by atoms with Crippen LogP contribution in [-0.4, -0.2) is 73.0 Å². The molecule has 3 N–H and O–H groups in total. The number of halogens is 2. The van der Waals surface area contributed by atoms with Gasteiger partial charge in [0.15, 0.2) is 11.6 Å². The van der Waals surface area contributed by atoms with E-state index in [2.05, 4.69) is 10.3 Å². The normalized spacial score (nSPS) is 21.0. The number of nitrogens with zero attached hydrogens (tertiary/aromatic N) is 1. The number of aryl methyl sites for hydroxylation is 2. The number of allylic oxidation sites excluding steroid dienone is 1. The molecule has 2 aromatic carbocycles. The number of rotatable bonds is 9. The first-order valence-corrected chi connectivity index (χ1v) is 16.0. The number of carboxylic acid groups (broad SMARTS) is 1. The summed E-state index contributed by atoms with van der Waals surface area (Å²) >= 11 is 0.966. The Hall–Kier alpha value is -3.53. The Balaban J connectivity index is 1.48. The molecular formula is C33H33F2InN3O4. The average molecular weight is 688 g/mol. The van der Waals surface area contributed by atoms with Gasteiger partial charge in [-0.15, -0.1) is 0 Å². The average Bonchev–Trinajstić information content (AvgIpc) is 3.34. The maximum atomic E-state index is 15.4. The molecule has 7 nitrogen and oxygen atoms in total. The van der Waals surface area contributed by atoms with Crippen molar-refractivity contribution in [2.45, 2.75) is 46.2 Å². The molecule has 4 atom stereocenters. The number of carboxylic acids is 1. The molecular weight excluding hydrogens is 655 g/mol. The molecule has 221 valence electrons. The zero-order valence-corrected chi connectivity index (χ0v) is 27.7. The summed E-state index contributed by atoms with van der Waals surface area (Å²) in [4.78, 5) is 44.1. The van der Waals surface area contributed by atoms with Crippen LogP contribution in [0.4, 0.5) is 8.78 Å². The minimum absolute atomic E-state index is 0.0836. The van der Waals surface area contributed by atoms with Crippen molar-refractivity contribution in [2.75, 3.05) is 6.54 Å².